The minimum atomic E-state index is -0.373. The van der Waals surface area contributed by atoms with E-state index in [0.717, 1.165) is 70.2 Å². The van der Waals surface area contributed by atoms with E-state index < -0.39 is 0 Å². The first-order valence-electron chi connectivity index (χ1n) is 12.4. The molecule has 0 spiro atoms. The summed E-state index contributed by atoms with van der Waals surface area (Å²) >= 11 is 0. The minimum absolute atomic E-state index is 0.129. The standard InChI is InChI=1S/C26H35N5O4/c1-2-35-22-8-5-20(6-9-22)28-26(33)29-21-7-10-24(31-12-3-4-13-31)23(19-21)25(32)27-11-14-30-15-17-34-18-16-30/h5-10,19H,2-4,11-18H2,1H3,(H,27,32)(H2,28,29,33). The Kier molecular flexibility index (Phi) is 8.80. The average Bonchev–Trinajstić information content (AvgIpc) is 3.41. The molecular formula is C26H35N5O4. The zero-order valence-corrected chi connectivity index (χ0v) is 20.3. The van der Waals surface area contributed by atoms with E-state index in [-0.39, 0.29) is 11.9 Å². The maximum atomic E-state index is 13.2. The Morgan fingerprint density at radius 3 is 2.34 bits per heavy atom. The summed E-state index contributed by atoms with van der Waals surface area (Å²) in [5.41, 5.74) is 2.70. The molecule has 2 fully saturated rings. The van der Waals surface area contributed by atoms with Crippen molar-refractivity contribution in [3.05, 3.63) is 48.0 Å². The fourth-order valence-electron chi connectivity index (χ4n) is 4.37. The van der Waals surface area contributed by atoms with Crippen LogP contribution in [0.25, 0.3) is 0 Å². The molecule has 0 radical (unpaired) electrons. The van der Waals surface area contributed by atoms with Crippen LogP contribution >= 0.6 is 0 Å². The van der Waals surface area contributed by atoms with Crippen molar-refractivity contribution >= 4 is 29.0 Å². The summed E-state index contributed by atoms with van der Waals surface area (Å²) in [6.07, 6.45) is 2.23. The van der Waals surface area contributed by atoms with Gasteiger partial charge in [0.15, 0.2) is 0 Å². The zero-order valence-electron chi connectivity index (χ0n) is 20.3. The fraction of sp³-hybridized carbons (Fsp3) is 0.462. The predicted octanol–water partition coefficient (Wildman–Crippen LogP) is 3.39. The summed E-state index contributed by atoms with van der Waals surface area (Å²) in [6, 6.07) is 12.3. The smallest absolute Gasteiger partial charge is 0.323 e. The lowest BCUT2D eigenvalue weighted by atomic mass is 10.1. The number of amides is 3. The highest BCUT2D eigenvalue weighted by molar-refractivity contribution is 6.04. The van der Waals surface area contributed by atoms with Crippen molar-refractivity contribution in [3.63, 3.8) is 0 Å². The second kappa shape index (κ2) is 12.4. The van der Waals surface area contributed by atoms with Crippen LogP contribution in [0, 0.1) is 0 Å². The summed E-state index contributed by atoms with van der Waals surface area (Å²) in [4.78, 5) is 30.3. The van der Waals surface area contributed by atoms with Crippen molar-refractivity contribution in [3.8, 4) is 5.75 Å². The second-order valence-corrected chi connectivity index (χ2v) is 8.67. The van der Waals surface area contributed by atoms with Crippen LogP contribution in [0.5, 0.6) is 5.75 Å². The van der Waals surface area contributed by atoms with Gasteiger partial charge >= 0.3 is 6.03 Å². The van der Waals surface area contributed by atoms with Crippen molar-refractivity contribution < 1.29 is 19.1 Å². The second-order valence-electron chi connectivity index (χ2n) is 8.67. The van der Waals surface area contributed by atoms with Gasteiger partial charge in [-0.3, -0.25) is 9.69 Å². The SMILES string of the molecule is CCOc1ccc(NC(=O)Nc2ccc(N3CCCC3)c(C(=O)NCCN3CCOCC3)c2)cc1. The molecule has 0 aromatic heterocycles. The van der Waals surface area contributed by atoms with Gasteiger partial charge in [0.2, 0.25) is 0 Å². The van der Waals surface area contributed by atoms with Gasteiger partial charge in [-0.25, -0.2) is 4.79 Å². The molecule has 188 valence electrons. The molecule has 0 bridgehead atoms. The fourth-order valence-corrected chi connectivity index (χ4v) is 4.37. The van der Waals surface area contributed by atoms with Gasteiger partial charge in [-0.2, -0.15) is 0 Å². The molecule has 2 aromatic carbocycles. The Labute approximate surface area is 206 Å². The number of morpholine rings is 1. The lowest BCUT2D eigenvalue weighted by Crippen LogP contribution is -2.41. The molecule has 0 aliphatic carbocycles. The van der Waals surface area contributed by atoms with Crippen LogP contribution < -0.4 is 25.6 Å². The van der Waals surface area contributed by atoms with Gasteiger partial charge in [0.1, 0.15) is 5.75 Å². The highest BCUT2D eigenvalue weighted by Gasteiger charge is 2.21. The molecule has 0 unspecified atom stereocenters. The number of hydrogen-bond donors (Lipinski definition) is 3. The van der Waals surface area contributed by atoms with E-state index in [9.17, 15) is 9.59 Å². The maximum absolute atomic E-state index is 13.2. The van der Waals surface area contributed by atoms with Crippen molar-refractivity contribution in [2.24, 2.45) is 0 Å². The third-order valence-corrected chi connectivity index (χ3v) is 6.19. The highest BCUT2D eigenvalue weighted by Crippen LogP contribution is 2.28. The number of carbonyl (C=O) groups is 2. The van der Waals surface area contributed by atoms with E-state index in [2.05, 4.69) is 25.8 Å². The number of benzene rings is 2. The van der Waals surface area contributed by atoms with Gasteiger partial charge in [0.05, 0.1) is 25.4 Å². The quantitative estimate of drug-likeness (QED) is 0.508. The van der Waals surface area contributed by atoms with Gasteiger partial charge in [-0.05, 0) is 62.2 Å². The predicted molar refractivity (Wildman–Crippen MR) is 138 cm³/mol. The average molecular weight is 482 g/mol. The van der Waals surface area contributed by atoms with Crippen LogP contribution in [0.15, 0.2) is 42.5 Å². The molecule has 0 atom stereocenters. The third kappa shape index (κ3) is 7.10. The number of carbonyl (C=O) groups excluding carboxylic acids is 2. The lowest BCUT2D eigenvalue weighted by Gasteiger charge is -2.26. The molecule has 2 saturated heterocycles. The summed E-state index contributed by atoms with van der Waals surface area (Å²) in [5, 5.41) is 8.72. The van der Waals surface area contributed by atoms with Crippen molar-refractivity contribution in [2.45, 2.75) is 19.8 Å². The Morgan fingerprint density at radius 2 is 1.63 bits per heavy atom. The number of hydrogen-bond acceptors (Lipinski definition) is 6. The number of ether oxygens (including phenoxy) is 2. The van der Waals surface area contributed by atoms with Gasteiger partial charge in [-0.1, -0.05) is 0 Å². The topological polar surface area (TPSA) is 95.2 Å². The number of rotatable bonds is 9. The van der Waals surface area contributed by atoms with Crippen LogP contribution in [0.1, 0.15) is 30.1 Å². The van der Waals surface area contributed by atoms with Crippen LogP contribution in [0.4, 0.5) is 21.9 Å². The first-order chi connectivity index (χ1) is 17.1. The summed E-state index contributed by atoms with van der Waals surface area (Å²) < 4.78 is 10.8. The van der Waals surface area contributed by atoms with Gasteiger partial charge in [0.25, 0.3) is 5.91 Å². The van der Waals surface area contributed by atoms with Gasteiger partial charge < -0.3 is 30.3 Å². The molecule has 0 saturated carbocycles. The Bertz CT molecular complexity index is 986. The van der Waals surface area contributed by atoms with E-state index in [1.54, 1.807) is 18.2 Å². The lowest BCUT2D eigenvalue weighted by molar-refractivity contribution is 0.0383. The van der Waals surface area contributed by atoms with Crippen molar-refractivity contribution in [2.75, 3.05) is 74.6 Å². The summed E-state index contributed by atoms with van der Waals surface area (Å²) in [7, 11) is 0. The molecule has 35 heavy (non-hydrogen) atoms. The first kappa shape index (κ1) is 24.8. The first-order valence-corrected chi connectivity index (χ1v) is 12.4. The van der Waals surface area contributed by atoms with Crippen LogP contribution in [0.2, 0.25) is 0 Å². The Hall–Kier alpha value is -3.30. The molecule has 3 N–H and O–H groups in total. The largest absolute Gasteiger partial charge is 0.494 e. The molecule has 3 amide bonds. The van der Waals surface area contributed by atoms with Gasteiger partial charge in [0, 0.05) is 56.3 Å². The van der Waals surface area contributed by atoms with E-state index in [1.165, 1.54) is 0 Å². The number of anilines is 3. The Balaban J connectivity index is 1.40. The van der Waals surface area contributed by atoms with E-state index >= 15 is 0 Å². The highest BCUT2D eigenvalue weighted by atomic mass is 16.5. The van der Waals surface area contributed by atoms with Crippen LogP contribution in [0.3, 0.4) is 0 Å². The molecular weight excluding hydrogens is 446 g/mol. The molecule has 2 aromatic rings. The third-order valence-electron chi connectivity index (χ3n) is 6.19. The van der Waals surface area contributed by atoms with Gasteiger partial charge in [-0.15, -0.1) is 0 Å². The molecule has 9 heteroatoms. The Morgan fingerprint density at radius 1 is 0.943 bits per heavy atom. The van der Waals surface area contributed by atoms with E-state index in [0.29, 0.717) is 30.1 Å². The number of nitrogens with zero attached hydrogens (tertiary/aromatic N) is 2. The monoisotopic (exact) mass is 481 g/mol. The maximum Gasteiger partial charge on any atom is 0.323 e. The zero-order chi connectivity index (χ0) is 24.5. The summed E-state index contributed by atoms with van der Waals surface area (Å²) in [6.45, 7) is 8.97. The summed E-state index contributed by atoms with van der Waals surface area (Å²) in [5.74, 6) is 0.621. The van der Waals surface area contributed by atoms with Crippen molar-refractivity contribution in [1.82, 2.24) is 10.2 Å². The molecule has 2 aliphatic heterocycles. The van der Waals surface area contributed by atoms with Crippen molar-refractivity contribution in [1.29, 1.82) is 0 Å². The molecule has 4 rings (SSSR count). The number of urea groups is 1. The number of nitrogens with one attached hydrogen (secondary N) is 3. The normalized spacial score (nSPS) is 16.1. The molecule has 9 nitrogen and oxygen atoms in total. The van der Waals surface area contributed by atoms with E-state index in [1.807, 2.05) is 31.2 Å². The molecule has 2 heterocycles. The minimum Gasteiger partial charge on any atom is -0.494 e. The van der Waals surface area contributed by atoms with Crippen LogP contribution in [-0.2, 0) is 4.74 Å². The van der Waals surface area contributed by atoms with Crippen LogP contribution in [-0.4, -0.2) is 75.9 Å². The van der Waals surface area contributed by atoms with E-state index in [4.69, 9.17) is 9.47 Å². The molecule has 2 aliphatic rings.